The highest BCUT2D eigenvalue weighted by atomic mass is 32.2. The molecule has 0 amide bonds. The van der Waals surface area contributed by atoms with Crippen molar-refractivity contribution >= 4 is 33.2 Å². The lowest BCUT2D eigenvalue weighted by Crippen LogP contribution is -2.32. The van der Waals surface area contributed by atoms with Crippen molar-refractivity contribution in [2.24, 2.45) is 0 Å². The van der Waals surface area contributed by atoms with Crippen LogP contribution in [-0.2, 0) is 15.8 Å². The minimum Gasteiger partial charge on any atom is -0.399 e. The molecule has 0 fully saturated rings. The molecule has 1 aliphatic rings. The van der Waals surface area contributed by atoms with Gasteiger partial charge < -0.3 is 5.73 Å². The Labute approximate surface area is 129 Å². The van der Waals surface area contributed by atoms with Gasteiger partial charge in [0.1, 0.15) is 0 Å². The molecular weight excluding hydrogens is 304 g/mol. The van der Waals surface area contributed by atoms with E-state index in [9.17, 15) is 8.42 Å². The van der Waals surface area contributed by atoms with Gasteiger partial charge in [-0.05, 0) is 29.8 Å². The van der Waals surface area contributed by atoms with Crippen molar-refractivity contribution in [3.8, 4) is 0 Å². The van der Waals surface area contributed by atoms with Crippen LogP contribution in [0, 0.1) is 0 Å². The SMILES string of the molecule is Nc1cccc(S(=O)(=O)N2CCSCc3ccccc32)c1. The van der Waals surface area contributed by atoms with E-state index < -0.39 is 10.0 Å². The van der Waals surface area contributed by atoms with Gasteiger partial charge in [0.05, 0.1) is 10.6 Å². The quantitative estimate of drug-likeness (QED) is 0.864. The summed E-state index contributed by atoms with van der Waals surface area (Å²) in [7, 11) is -3.58. The van der Waals surface area contributed by atoms with Gasteiger partial charge in [-0.1, -0.05) is 24.3 Å². The third-order valence-corrected chi connectivity index (χ3v) is 6.20. The Morgan fingerprint density at radius 2 is 1.90 bits per heavy atom. The number of para-hydroxylation sites is 1. The lowest BCUT2D eigenvalue weighted by atomic mass is 10.2. The number of nitrogens with zero attached hydrogens (tertiary/aromatic N) is 1. The summed E-state index contributed by atoms with van der Waals surface area (Å²) in [6.07, 6.45) is 0. The van der Waals surface area contributed by atoms with Crippen LogP contribution in [-0.4, -0.2) is 20.7 Å². The zero-order valence-corrected chi connectivity index (χ0v) is 13.0. The molecule has 110 valence electrons. The normalized spacial score (nSPS) is 15.3. The number of rotatable bonds is 2. The minimum atomic E-state index is -3.58. The maximum Gasteiger partial charge on any atom is 0.264 e. The Balaban J connectivity index is 2.11. The number of anilines is 2. The van der Waals surface area contributed by atoms with Crippen LogP contribution >= 0.6 is 11.8 Å². The molecule has 0 saturated heterocycles. The monoisotopic (exact) mass is 320 g/mol. The topological polar surface area (TPSA) is 63.4 Å². The molecule has 3 rings (SSSR count). The van der Waals surface area contributed by atoms with Crippen molar-refractivity contribution < 1.29 is 8.42 Å². The molecule has 0 unspecified atom stereocenters. The first-order valence-electron chi connectivity index (χ1n) is 6.63. The maximum atomic E-state index is 12.9. The Bertz CT molecular complexity index is 760. The van der Waals surface area contributed by atoms with Gasteiger partial charge in [0, 0.05) is 23.7 Å². The van der Waals surface area contributed by atoms with Crippen molar-refractivity contribution in [1.29, 1.82) is 0 Å². The van der Waals surface area contributed by atoms with Crippen molar-refractivity contribution in [1.82, 2.24) is 0 Å². The molecule has 1 heterocycles. The first-order valence-corrected chi connectivity index (χ1v) is 9.22. The Morgan fingerprint density at radius 3 is 2.71 bits per heavy atom. The largest absolute Gasteiger partial charge is 0.399 e. The maximum absolute atomic E-state index is 12.9. The summed E-state index contributed by atoms with van der Waals surface area (Å²) in [5, 5.41) is 0. The number of nitrogens with two attached hydrogens (primary N) is 1. The van der Waals surface area contributed by atoms with Crippen LogP contribution in [0.1, 0.15) is 5.56 Å². The van der Waals surface area contributed by atoms with Crippen LogP contribution in [0.3, 0.4) is 0 Å². The van der Waals surface area contributed by atoms with E-state index >= 15 is 0 Å². The number of hydrogen-bond acceptors (Lipinski definition) is 4. The van der Waals surface area contributed by atoms with E-state index in [2.05, 4.69) is 0 Å². The van der Waals surface area contributed by atoms with Crippen LogP contribution in [0.4, 0.5) is 11.4 Å². The fraction of sp³-hybridized carbons (Fsp3) is 0.200. The van der Waals surface area contributed by atoms with Gasteiger partial charge in [-0.3, -0.25) is 4.31 Å². The van der Waals surface area contributed by atoms with Gasteiger partial charge in [-0.2, -0.15) is 11.8 Å². The second kappa shape index (κ2) is 5.61. The van der Waals surface area contributed by atoms with Gasteiger partial charge in [0.2, 0.25) is 0 Å². The van der Waals surface area contributed by atoms with Crippen LogP contribution in [0.5, 0.6) is 0 Å². The van der Waals surface area contributed by atoms with E-state index in [1.807, 2.05) is 24.3 Å². The molecule has 0 spiro atoms. The molecular formula is C15H16N2O2S2. The van der Waals surface area contributed by atoms with Gasteiger partial charge in [0.15, 0.2) is 0 Å². The highest BCUT2D eigenvalue weighted by Crippen LogP contribution is 2.32. The number of nitrogen functional groups attached to an aromatic ring is 1. The molecule has 0 atom stereocenters. The molecule has 6 heteroatoms. The van der Waals surface area contributed by atoms with Crippen LogP contribution in [0.2, 0.25) is 0 Å². The molecule has 0 saturated carbocycles. The van der Waals surface area contributed by atoms with Crippen molar-refractivity contribution in [2.75, 3.05) is 22.3 Å². The van der Waals surface area contributed by atoms with Crippen molar-refractivity contribution in [2.45, 2.75) is 10.6 Å². The van der Waals surface area contributed by atoms with Crippen LogP contribution in [0.15, 0.2) is 53.4 Å². The smallest absolute Gasteiger partial charge is 0.264 e. The zero-order valence-electron chi connectivity index (χ0n) is 11.4. The molecule has 2 N–H and O–H groups in total. The van der Waals surface area contributed by atoms with E-state index in [0.717, 1.165) is 22.8 Å². The summed E-state index contributed by atoms with van der Waals surface area (Å²) in [5.74, 6) is 1.61. The molecule has 2 aromatic rings. The number of fused-ring (bicyclic) bond motifs is 1. The third-order valence-electron chi connectivity index (χ3n) is 3.40. The van der Waals surface area contributed by atoms with Crippen molar-refractivity contribution in [3.63, 3.8) is 0 Å². The molecule has 4 nitrogen and oxygen atoms in total. The lowest BCUT2D eigenvalue weighted by molar-refractivity contribution is 0.592. The average molecular weight is 320 g/mol. The van der Waals surface area contributed by atoms with Crippen molar-refractivity contribution in [3.05, 3.63) is 54.1 Å². The standard InChI is InChI=1S/C15H16N2O2S2/c16-13-5-3-6-14(10-13)21(18,19)17-8-9-20-11-12-4-1-2-7-15(12)17/h1-7,10H,8-9,11,16H2. The second-order valence-corrected chi connectivity index (χ2v) is 7.80. The molecule has 2 aromatic carbocycles. The number of hydrogen-bond donors (Lipinski definition) is 1. The molecule has 0 radical (unpaired) electrons. The average Bonchev–Trinajstić information content (AvgIpc) is 2.70. The summed E-state index contributed by atoms with van der Waals surface area (Å²) >= 11 is 1.75. The predicted octanol–water partition coefficient (Wildman–Crippen LogP) is 2.71. The Hall–Kier alpha value is -1.66. The fourth-order valence-electron chi connectivity index (χ4n) is 2.38. The van der Waals surface area contributed by atoms with E-state index in [-0.39, 0.29) is 4.90 Å². The predicted molar refractivity (Wildman–Crippen MR) is 88.0 cm³/mol. The highest BCUT2D eigenvalue weighted by molar-refractivity contribution is 7.98. The molecule has 0 bridgehead atoms. The van der Waals surface area contributed by atoms with E-state index in [4.69, 9.17) is 5.73 Å². The first kappa shape index (κ1) is 14.3. The van der Waals surface area contributed by atoms with Gasteiger partial charge in [-0.25, -0.2) is 8.42 Å². The van der Waals surface area contributed by atoms with E-state index in [1.54, 1.807) is 30.0 Å². The molecule has 1 aliphatic heterocycles. The lowest BCUT2D eigenvalue weighted by Gasteiger charge is -2.24. The minimum absolute atomic E-state index is 0.240. The molecule has 21 heavy (non-hydrogen) atoms. The third kappa shape index (κ3) is 2.73. The summed E-state index contributed by atoms with van der Waals surface area (Å²) in [4.78, 5) is 0.240. The number of thioether (sulfide) groups is 1. The summed E-state index contributed by atoms with van der Waals surface area (Å²) < 4.78 is 27.3. The van der Waals surface area contributed by atoms with Crippen LogP contribution in [0.25, 0.3) is 0 Å². The fourth-order valence-corrected chi connectivity index (χ4v) is 4.97. The summed E-state index contributed by atoms with van der Waals surface area (Å²) in [6.45, 7) is 0.471. The number of sulfonamides is 1. The van der Waals surface area contributed by atoms with Gasteiger partial charge in [0.25, 0.3) is 10.0 Å². The Morgan fingerprint density at radius 1 is 1.10 bits per heavy atom. The number of benzene rings is 2. The summed E-state index contributed by atoms with van der Waals surface area (Å²) in [6, 6.07) is 14.1. The van der Waals surface area contributed by atoms with Gasteiger partial charge in [-0.15, -0.1) is 0 Å². The van der Waals surface area contributed by atoms with Crippen LogP contribution < -0.4 is 10.0 Å². The highest BCUT2D eigenvalue weighted by Gasteiger charge is 2.27. The van der Waals surface area contributed by atoms with E-state index in [1.165, 1.54) is 10.4 Å². The summed E-state index contributed by atoms with van der Waals surface area (Å²) in [5.41, 5.74) is 7.99. The van der Waals surface area contributed by atoms with Gasteiger partial charge >= 0.3 is 0 Å². The zero-order chi connectivity index (χ0) is 14.9. The molecule has 0 aliphatic carbocycles. The Kier molecular flexibility index (Phi) is 3.82. The second-order valence-electron chi connectivity index (χ2n) is 4.83. The van der Waals surface area contributed by atoms with E-state index in [0.29, 0.717) is 12.2 Å². The molecule has 0 aromatic heterocycles. The first-order chi connectivity index (χ1) is 10.1.